The molecular weight excluding hydrogens is 392 g/mol. The molecule has 2 aliphatic heterocycles. The fourth-order valence-corrected chi connectivity index (χ4v) is 3.75. The summed E-state index contributed by atoms with van der Waals surface area (Å²) in [5.41, 5.74) is 5.86. The number of benzene rings is 1. The van der Waals surface area contributed by atoms with Gasteiger partial charge in [0.25, 0.3) is 0 Å². The molecule has 0 spiro atoms. The summed E-state index contributed by atoms with van der Waals surface area (Å²) in [4.78, 5) is 7.20. The Bertz CT molecular complexity index is 1080. The molecule has 2 N–H and O–H groups in total. The van der Waals surface area contributed by atoms with Crippen LogP contribution < -0.4 is 20.3 Å². The second kappa shape index (κ2) is 8.61. The van der Waals surface area contributed by atoms with E-state index in [0.717, 1.165) is 54.6 Å². The first-order valence-corrected chi connectivity index (χ1v) is 10.3. The molecule has 31 heavy (non-hydrogen) atoms. The molecule has 4 heterocycles. The summed E-state index contributed by atoms with van der Waals surface area (Å²) in [7, 11) is 1.57. The number of fused-ring (bicyclic) bond motifs is 1. The Hall–Kier alpha value is -3.65. The van der Waals surface area contributed by atoms with E-state index in [1.54, 1.807) is 13.2 Å². The van der Waals surface area contributed by atoms with Crippen LogP contribution in [0.5, 0.6) is 5.88 Å². The summed E-state index contributed by atoms with van der Waals surface area (Å²) >= 11 is 0. The van der Waals surface area contributed by atoms with Crippen LogP contribution >= 0.6 is 0 Å². The monoisotopic (exact) mass is 416 g/mol. The molecule has 1 aromatic carbocycles. The minimum atomic E-state index is 0.476. The van der Waals surface area contributed by atoms with Crippen LogP contribution in [0, 0.1) is 0 Å². The van der Waals surface area contributed by atoms with Crippen molar-refractivity contribution in [3.63, 3.8) is 0 Å². The molecule has 0 radical (unpaired) electrons. The predicted molar refractivity (Wildman–Crippen MR) is 120 cm³/mol. The second-order valence-corrected chi connectivity index (χ2v) is 7.37. The standard InChI is InChI=1S/C23H24N6O2/c1-30-22-7-6-20(27-28-22)21-14-16-8-9-24-15-19(16)23(26-21)25-17-2-4-18(5-3-17)29-10-12-31-13-11-29/h2-9,14,24H,10-13,15H2,1H3,(H,25,26). The molecule has 0 saturated carbocycles. The highest BCUT2D eigenvalue weighted by Gasteiger charge is 2.16. The van der Waals surface area contributed by atoms with Gasteiger partial charge in [-0.3, -0.25) is 0 Å². The number of hydrogen-bond acceptors (Lipinski definition) is 8. The summed E-state index contributed by atoms with van der Waals surface area (Å²) in [6.07, 6.45) is 4.00. The lowest BCUT2D eigenvalue weighted by atomic mass is 10.0. The number of nitrogens with zero attached hydrogens (tertiary/aromatic N) is 4. The van der Waals surface area contributed by atoms with E-state index >= 15 is 0 Å². The zero-order valence-corrected chi connectivity index (χ0v) is 17.3. The van der Waals surface area contributed by atoms with Crippen LogP contribution in [0.2, 0.25) is 0 Å². The van der Waals surface area contributed by atoms with Gasteiger partial charge in [0, 0.05) is 42.6 Å². The molecule has 8 heteroatoms. The summed E-state index contributed by atoms with van der Waals surface area (Å²) in [6, 6.07) is 14.1. The van der Waals surface area contributed by atoms with Crippen molar-refractivity contribution in [1.29, 1.82) is 0 Å². The van der Waals surface area contributed by atoms with Crippen LogP contribution in [0.1, 0.15) is 11.1 Å². The molecular formula is C23H24N6O2. The summed E-state index contributed by atoms with van der Waals surface area (Å²) < 4.78 is 10.6. The van der Waals surface area contributed by atoms with E-state index in [0.29, 0.717) is 18.1 Å². The maximum absolute atomic E-state index is 5.45. The normalized spacial score (nSPS) is 15.2. The first-order valence-electron chi connectivity index (χ1n) is 10.3. The van der Waals surface area contributed by atoms with Gasteiger partial charge in [-0.05, 0) is 54.2 Å². The largest absolute Gasteiger partial charge is 0.480 e. The van der Waals surface area contributed by atoms with Crippen LogP contribution in [0.25, 0.3) is 17.5 Å². The third-order valence-electron chi connectivity index (χ3n) is 5.44. The maximum Gasteiger partial charge on any atom is 0.233 e. The Morgan fingerprint density at radius 3 is 2.61 bits per heavy atom. The van der Waals surface area contributed by atoms with E-state index in [1.165, 1.54) is 5.69 Å². The van der Waals surface area contributed by atoms with Gasteiger partial charge in [0.1, 0.15) is 11.5 Å². The van der Waals surface area contributed by atoms with Crippen molar-refractivity contribution >= 4 is 23.3 Å². The van der Waals surface area contributed by atoms with Gasteiger partial charge in [-0.25, -0.2) is 4.98 Å². The molecule has 0 bridgehead atoms. The van der Waals surface area contributed by atoms with Gasteiger partial charge in [-0.15, -0.1) is 10.2 Å². The van der Waals surface area contributed by atoms with Gasteiger partial charge < -0.3 is 25.0 Å². The van der Waals surface area contributed by atoms with Crippen molar-refractivity contribution in [1.82, 2.24) is 20.5 Å². The van der Waals surface area contributed by atoms with E-state index in [-0.39, 0.29) is 0 Å². The number of morpholine rings is 1. The Balaban J connectivity index is 1.44. The van der Waals surface area contributed by atoms with Crippen molar-refractivity contribution in [3.8, 4) is 17.3 Å². The fraction of sp³-hybridized carbons (Fsp3) is 0.261. The zero-order valence-electron chi connectivity index (χ0n) is 17.3. The van der Waals surface area contributed by atoms with Gasteiger partial charge in [0.15, 0.2) is 0 Å². The van der Waals surface area contributed by atoms with Gasteiger partial charge >= 0.3 is 0 Å². The minimum absolute atomic E-state index is 0.476. The van der Waals surface area contributed by atoms with Crippen LogP contribution in [-0.2, 0) is 11.3 Å². The van der Waals surface area contributed by atoms with E-state index < -0.39 is 0 Å². The quantitative estimate of drug-likeness (QED) is 0.656. The number of aromatic nitrogens is 3. The van der Waals surface area contributed by atoms with Crippen molar-refractivity contribution in [2.45, 2.75) is 6.54 Å². The van der Waals surface area contributed by atoms with E-state index in [9.17, 15) is 0 Å². The van der Waals surface area contributed by atoms with E-state index in [2.05, 4.69) is 50.0 Å². The third kappa shape index (κ3) is 4.15. The first-order chi connectivity index (χ1) is 15.3. The third-order valence-corrected chi connectivity index (χ3v) is 5.44. The summed E-state index contributed by atoms with van der Waals surface area (Å²) in [5, 5.41) is 15.1. The number of nitrogens with one attached hydrogen (secondary N) is 2. The number of ether oxygens (including phenoxy) is 2. The van der Waals surface area contributed by atoms with Gasteiger partial charge in [0.2, 0.25) is 5.88 Å². The van der Waals surface area contributed by atoms with Crippen LogP contribution in [0.3, 0.4) is 0 Å². The molecule has 0 aliphatic carbocycles. The Kier molecular flexibility index (Phi) is 5.37. The lowest BCUT2D eigenvalue weighted by Gasteiger charge is -2.29. The molecule has 0 amide bonds. The maximum atomic E-state index is 5.45. The van der Waals surface area contributed by atoms with Gasteiger partial charge in [-0.2, -0.15) is 0 Å². The van der Waals surface area contributed by atoms with Crippen molar-refractivity contribution < 1.29 is 9.47 Å². The second-order valence-electron chi connectivity index (χ2n) is 7.37. The van der Waals surface area contributed by atoms with Crippen molar-refractivity contribution in [3.05, 3.63) is 59.8 Å². The Labute approximate surface area is 180 Å². The van der Waals surface area contributed by atoms with E-state index in [1.807, 2.05) is 24.4 Å². The minimum Gasteiger partial charge on any atom is -0.480 e. The number of methoxy groups -OCH3 is 1. The number of rotatable bonds is 5. The average Bonchev–Trinajstić information content (AvgIpc) is 2.85. The molecule has 3 aromatic rings. The molecule has 1 fully saturated rings. The molecule has 0 atom stereocenters. The number of anilines is 3. The van der Waals surface area contributed by atoms with Crippen molar-refractivity contribution in [2.24, 2.45) is 0 Å². The van der Waals surface area contributed by atoms with Gasteiger partial charge in [-0.1, -0.05) is 0 Å². The molecule has 2 aliphatic rings. The first kappa shape index (κ1) is 19.3. The molecule has 1 saturated heterocycles. The lowest BCUT2D eigenvalue weighted by molar-refractivity contribution is 0.122. The Morgan fingerprint density at radius 2 is 1.87 bits per heavy atom. The smallest absolute Gasteiger partial charge is 0.233 e. The Morgan fingerprint density at radius 1 is 1.03 bits per heavy atom. The summed E-state index contributed by atoms with van der Waals surface area (Å²) in [5.74, 6) is 1.28. The average molecular weight is 416 g/mol. The molecule has 2 aromatic heterocycles. The highest BCUT2D eigenvalue weighted by atomic mass is 16.5. The molecule has 158 valence electrons. The van der Waals surface area contributed by atoms with E-state index in [4.69, 9.17) is 14.5 Å². The van der Waals surface area contributed by atoms with Crippen LogP contribution in [0.15, 0.2) is 48.7 Å². The zero-order chi connectivity index (χ0) is 21.0. The molecule has 0 unspecified atom stereocenters. The highest BCUT2D eigenvalue weighted by Crippen LogP contribution is 2.30. The summed E-state index contributed by atoms with van der Waals surface area (Å²) in [6.45, 7) is 4.10. The lowest BCUT2D eigenvalue weighted by Crippen LogP contribution is -2.36. The van der Waals surface area contributed by atoms with Crippen LogP contribution in [-0.4, -0.2) is 48.6 Å². The topological polar surface area (TPSA) is 84.4 Å². The van der Waals surface area contributed by atoms with Crippen molar-refractivity contribution in [2.75, 3.05) is 43.6 Å². The fourth-order valence-electron chi connectivity index (χ4n) is 3.75. The van der Waals surface area contributed by atoms with Crippen LogP contribution in [0.4, 0.5) is 17.2 Å². The number of hydrogen-bond donors (Lipinski definition) is 2. The highest BCUT2D eigenvalue weighted by molar-refractivity contribution is 5.73. The SMILES string of the molecule is COc1ccc(-c2cc3c(c(Nc4ccc(N5CCOCC5)cc4)n2)CNC=C3)nn1. The van der Waals surface area contributed by atoms with Gasteiger partial charge in [0.05, 0.1) is 26.0 Å². The molecule has 8 nitrogen and oxygen atoms in total. The predicted octanol–water partition coefficient (Wildman–Crippen LogP) is 3.20. The molecule has 5 rings (SSSR count). The number of pyridine rings is 1.